The Morgan fingerprint density at radius 2 is 2.00 bits per heavy atom. The van der Waals surface area contributed by atoms with Crippen molar-refractivity contribution >= 4 is 48.9 Å². The molecule has 0 saturated carbocycles. The van der Waals surface area contributed by atoms with E-state index in [1.54, 1.807) is 22.9 Å². The van der Waals surface area contributed by atoms with Crippen LogP contribution in [0.2, 0.25) is 0 Å². The maximum atomic E-state index is 12.6. The summed E-state index contributed by atoms with van der Waals surface area (Å²) in [6.07, 6.45) is 0. The number of hydrogen-bond donors (Lipinski definition) is 0. The SMILES string of the molecule is CCOC(=O)Cn1c(=NS(=O)(=O)c2cccs2)sc2cc(C)c(C)cc21. The maximum Gasteiger partial charge on any atom is 0.326 e. The number of rotatable bonds is 5. The summed E-state index contributed by atoms with van der Waals surface area (Å²) in [7, 11) is -3.83. The number of aryl methyl sites for hydroxylation is 2. The third-order valence-electron chi connectivity index (χ3n) is 3.84. The molecule has 0 aliphatic rings. The molecule has 0 bridgehead atoms. The minimum Gasteiger partial charge on any atom is -0.465 e. The van der Waals surface area contributed by atoms with E-state index in [0.29, 0.717) is 0 Å². The number of esters is 1. The second-order valence-electron chi connectivity index (χ2n) is 5.68. The Bertz CT molecular complexity index is 1120. The summed E-state index contributed by atoms with van der Waals surface area (Å²) in [6.45, 7) is 5.87. The van der Waals surface area contributed by atoms with Crippen molar-refractivity contribution in [1.82, 2.24) is 4.57 Å². The molecule has 0 atom stereocenters. The van der Waals surface area contributed by atoms with E-state index in [-0.39, 0.29) is 22.2 Å². The van der Waals surface area contributed by atoms with Crippen LogP contribution in [-0.2, 0) is 26.1 Å². The van der Waals surface area contributed by atoms with E-state index in [1.165, 1.54) is 17.4 Å². The van der Waals surface area contributed by atoms with Crippen LogP contribution in [0.1, 0.15) is 18.1 Å². The van der Waals surface area contributed by atoms with Gasteiger partial charge in [-0.1, -0.05) is 17.4 Å². The van der Waals surface area contributed by atoms with Crippen molar-refractivity contribution in [3.63, 3.8) is 0 Å². The fraction of sp³-hybridized carbons (Fsp3) is 0.294. The summed E-state index contributed by atoms with van der Waals surface area (Å²) in [5.74, 6) is -0.430. The van der Waals surface area contributed by atoms with Crippen LogP contribution in [-0.4, -0.2) is 25.6 Å². The Labute approximate surface area is 159 Å². The van der Waals surface area contributed by atoms with Crippen LogP contribution in [0.25, 0.3) is 10.2 Å². The summed E-state index contributed by atoms with van der Waals surface area (Å²) >= 11 is 2.36. The molecule has 138 valence electrons. The van der Waals surface area contributed by atoms with E-state index in [4.69, 9.17) is 4.74 Å². The van der Waals surface area contributed by atoms with Crippen LogP contribution < -0.4 is 4.80 Å². The van der Waals surface area contributed by atoms with E-state index in [9.17, 15) is 13.2 Å². The fourth-order valence-corrected chi connectivity index (χ4v) is 5.72. The molecule has 26 heavy (non-hydrogen) atoms. The number of thiophene rings is 1. The van der Waals surface area contributed by atoms with E-state index in [0.717, 1.165) is 32.7 Å². The standard InChI is InChI=1S/C17H18N2O4S3/c1-4-23-15(20)10-19-13-8-11(2)12(3)9-14(13)25-17(19)18-26(21,22)16-6-5-7-24-16/h5-9H,4,10H2,1-3H3. The quantitative estimate of drug-likeness (QED) is 0.605. The predicted octanol–water partition coefficient (Wildman–Crippen LogP) is 3.23. The molecule has 0 N–H and O–H groups in total. The molecule has 9 heteroatoms. The maximum absolute atomic E-state index is 12.6. The molecule has 2 aromatic heterocycles. The first-order chi connectivity index (χ1) is 12.3. The zero-order valence-corrected chi connectivity index (χ0v) is 17.0. The number of benzene rings is 1. The minimum absolute atomic E-state index is 0.0882. The highest BCUT2D eigenvalue weighted by molar-refractivity contribution is 7.92. The van der Waals surface area contributed by atoms with Gasteiger partial charge in [0.1, 0.15) is 10.8 Å². The van der Waals surface area contributed by atoms with Crippen molar-refractivity contribution in [2.75, 3.05) is 6.61 Å². The van der Waals surface area contributed by atoms with Crippen molar-refractivity contribution in [2.24, 2.45) is 4.40 Å². The fourth-order valence-electron chi connectivity index (χ4n) is 2.44. The molecule has 3 aromatic rings. The lowest BCUT2D eigenvalue weighted by molar-refractivity contribution is -0.143. The van der Waals surface area contributed by atoms with Gasteiger partial charge in [-0.05, 0) is 55.5 Å². The summed E-state index contributed by atoms with van der Waals surface area (Å²) in [5, 5.41) is 1.69. The lowest BCUT2D eigenvalue weighted by atomic mass is 10.1. The number of fused-ring (bicyclic) bond motifs is 1. The molecule has 0 saturated heterocycles. The van der Waals surface area contributed by atoms with Crippen LogP contribution >= 0.6 is 22.7 Å². The Kier molecular flexibility index (Phi) is 5.31. The zero-order chi connectivity index (χ0) is 18.9. The van der Waals surface area contributed by atoms with Gasteiger partial charge in [0, 0.05) is 0 Å². The molecule has 1 aromatic carbocycles. The third kappa shape index (κ3) is 3.74. The Morgan fingerprint density at radius 3 is 2.65 bits per heavy atom. The molecule has 2 heterocycles. The van der Waals surface area contributed by atoms with Crippen molar-refractivity contribution in [2.45, 2.75) is 31.5 Å². The van der Waals surface area contributed by atoms with Crippen molar-refractivity contribution in [1.29, 1.82) is 0 Å². The first kappa shape index (κ1) is 18.8. The third-order valence-corrected chi connectivity index (χ3v) is 7.64. The molecule has 0 unspecified atom stereocenters. The van der Waals surface area contributed by atoms with Gasteiger partial charge in [-0.15, -0.1) is 15.7 Å². The van der Waals surface area contributed by atoms with Gasteiger partial charge >= 0.3 is 5.97 Å². The van der Waals surface area contributed by atoms with Crippen LogP contribution in [0.3, 0.4) is 0 Å². The normalized spacial score (nSPS) is 12.7. The molecular weight excluding hydrogens is 392 g/mol. The minimum atomic E-state index is -3.83. The summed E-state index contributed by atoms with van der Waals surface area (Å²) in [5.41, 5.74) is 2.92. The van der Waals surface area contributed by atoms with E-state index < -0.39 is 16.0 Å². The number of aromatic nitrogens is 1. The van der Waals surface area contributed by atoms with Crippen LogP contribution in [0.15, 0.2) is 38.3 Å². The molecule has 3 rings (SSSR count). The lowest BCUT2D eigenvalue weighted by Crippen LogP contribution is -2.23. The molecule has 0 aliphatic heterocycles. The molecule has 0 fully saturated rings. The van der Waals surface area contributed by atoms with Gasteiger partial charge < -0.3 is 9.30 Å². The largest absolute Gasteiger partial charge is 0.465 e. The molecule has 0 amide bonds. The number of ether oxygens (including phenoxy) is 1. The highest BCUT2D eigenvalue weighted by Gasteiger charge is 2.17. The summed E-state index contributed by atoms with van der Waals surface area (Å²) in [6, 6.07) is 7.10. The predicted molar refractivity (Wildman–Crippen MR) is 103 cm³/mol. The summed E-state index contributed by atoms with van der Waals surface area (Å²) in [4.78, 5) is 12.3. The average Bonchev–Trinajstić information content (AvgIpc) is 3.19. The van der Waals surface area contributed by atoms with Crippen LogP contribution in [0.5, 0.6) is 0 Å². The van der Waals surface area contributed by atoms with Crippen molar-refractivity contribution in [3.8, 4) is 0 Å². The molecule has 0 radical (unpaired) electrons. The molecule has 0 spiro atoms. The molecule has 0 aliphatic carbocycles. The second-order valence-corrected chi connectivity index (χ2v) is 9.47. The topological polar surface area (TPSA) is 77.7 Å². The van der Waals surface area contributed by atoms with Gasteiger partial charge in [0.05, 0.1) is 16.8 Å². The van der Waals surface area contributed by atoms with Gasteiger partial charge in [-0.25, -0.2) is 0 Å². The molecular formula is C17H18N2O4S3. The highest BCUT2D eigenvalue weighted by Crippen LogP contribution is 2.23. The monoisotopic (exact) mass is 410 g/mol. The van der Waals surface area contributed by atoms with Gasteiger partial charge in [0.2, 0.25) is 4.80 Å². The Balaban J connectivity index is 2.23. The van der Waals surface area contributed by atoms with Gasteiger partial charge in [0.25, 0.3) is 10.0 Å². The van der Waals surface area contributed by atoms with E-state index in [1.807, 2.05) is 26.0 Å². The zero-order valence-electron chi connectivity index (χ0n) is 14.6. The van der Waals surface area contributed by atoms with Crippen molar-refractivity contribution < 1.29 is 17.9 Å². The van der Waals surface area contributed by atoms with Crippen molar-refractivity contribution in [3.05, 3.63) is 45.6 Å². The lowest BCUT2D eigenvalue weighted by Gasteiger charge is -2.06. The van der Waals surface area contributed by atoms with Gasteiger partial charge in [0.15, 0.2) is 0 Å². The van der Waals surface area contributed by atoms with Crippen LogP contribution in [0, 0.1) is 13.8 Å². The van der Waals surface area contributed by atoms with E-state index >= 15 is 0 Å². The summed E-state index contributed by atoms with van der Waals surface area (Å²) < 4.78 is 36.8. The number of nitrogens with zero attached hydrogens (tertiary/aromatic N) is 2. The average molecular weight is 411 g/mol. The second kappa shape index (κ2) is 7.34. The highest BCUT2D eigenvalue weighted by atomic mass is 32.2. The number of carbonyl (C=O) groups excluding carboxylic acids is 1. The van der Waals surface area contributed by atoms with E-state index in [2.05, 4.69) is 4.40 Å². The first-order valence-electron chi connectivity index (χ1n) is 7.92. The Hall–Kier alpha value is -1.97. The Morgan fingerprint density at radius 1 is 1.27 bits per heavy atom. The number of hydrogen-bond acceptors (Lipinski definition) is 6. The smallest absolute Gasteiger partial charge is 0.326 e. The van der Waals surface area contributed by atoms with Crippen LogP contribution in [0.4, 0.5) is 0 Å². The molecule has 6 nitrogen and oxygen atoms in total. The number of carbonyl (C=O) groups is 1. The van der Waals surface area contributed by atoms with Gasteiger partial charge in [-0.2, -0.15) is 8.42 Å². The van der Waals surface area contributed by atoms with Gasteiger partial charge in [-0.3, -0.25) is 4.79 Å². The number of sulfonamides is 1. The number of thiazole rings is 1. The first-order valence-corrected chi connectivity index (χ1v) is 11.1.